The van der Waals surface area contributed by atoms with Crippen LogP contribution in [0.2, 0.25) is 0 Å². The van der Waals surface area contributed by atoms with E-state index in [2.05, 4.69) is 5.32 Å². The van der Waals surface area contributed by atoms with Gasteiger partial charge in [-0.3, -0.25) is 0 Å². The van der Waals surface area contributed by atoms with E-state index in [0.29, 0.717) is 17.9 Å². The van der Waals surface area contributed by atoms with Crippen molar-refractivity contribution in [3.8, 4) is 0 Å². The average Bonchev–Trinajstić information content (AvgIpc) is 2.75. The molecule has 1 aromatic rings. The van der Waals surface area contributed by atoms with E-state index in [4.69, 9.17) is 4.42 Å². The molecule has 2 heterocycles. The molecule has 4 nitrogen and oxygen atoms in total. The summed E-state index contributed by atoms with van der Waals surface area (Å²) in [6.45, 7) is 0. The Labute approximate surface area is 95.9 Å². The minimum atomic E-state index is -2.98. The molecule has 2 atom stereocenters. The van der Waals surface area contributed by atoms with Crippen molar-refractivity contribution in [2.75, 3.05) is 12.8 Å². The minimum Gasteiger partial charge on any atom is -0.468 e. The highest BCUT2D eigenvalue weighted by molar-refractivity contribution is 7.92. The molecule has 0 aromatic carbocycles. The summed E-state index contributed by atoms with van der Waals surface area (Å²) in [5, 5.41) is 2.71. The molecule has 1 aliphatic heterocycles. The lowest BCUT2D eigenvalue weighted by molar-refractivity contribution is 0.393. The van der Waals surface area contributed by atoms with Crippen molar-refractivity contribution in [2.45, 2.75) is 30.6 Å². The molecule has 1 fully saturated rings. The van der Waals surface area contributed by atoms with Gasteiger partial charge in [0.25, 0.3) is 0 Å². The second kappa shape index (κ2) is 4.59. The van der Waals surface area contributed by atoms with E-state index in [0.717, 1.165) is 12.8 Å². The van der Waals surface area contributed by atoms with Crippen molar-refractivity contribution in [3.63, 3.8) is 0 Å². The van der Waals surface area contributed by atoms with Crippen LogP contribution >= 0.6 is 0 Å². The third-order valence-electron chi connectivity index (χ3n) is 3.16. The smallest absolute Gasteiger partial charge is 0.155 e. The Morgan fingerprint density at radius 1 is 1.50 bits per heavy atom. The molecule has 2 unspecified atom stereocenters. The summed E-state index contributed by atoms with van der Waals surface area (Å²) < 4.78 is 29.3. The second-order valence-corrected chi connectivity index (χ2v) is 6.52. The Kier molecular flexibility index (Phi) is 3.35. The van der Waals surface area contributed by atoms with Gasteiger partial charge in [0.15, 0.2) is 9.84 Å². The topological polar surface area (TPSA) is 59.3 Å². The van der Waals surface area contributed by atoms with Crippen LogP contribution in [-0.4, -0.2) is 26.5 Å². The molecule has 0 aliphatic carbocycles. The second-order valence-electron chi connectivity index (χ2n) is 4.18. The molecule has 1 saturated heterocycles. The largest absolute Gasteiger partial charge is 0.468 e. The lowest BCUT2D eigenvalue weighted by atomic mass is 10.1. The van der Waals surface area contributed by atoms with Gasteiger partial charge in [0, 0.05) is 0 Å². The number of nitrogens with one attached hydrogen (secondary N) is 1. The van der Waals surface area contributed by atoms with Crippen molar-refractivity contribution >= 4 is 9.84 Å². The maximum absolute atomic E-state index is 12.0. The van der Waals surface area contributed by atoms with Gasteiger partial charge in [0.2, 0.25) is 0 Å². The highest BCUT2D eigenvalue weighted by atomic mass is 32.2. The van der Waals surface area contributed by atoms with Crippen LogP contribution in [0.4, 0.5) is 0 Å². The average molecular weight is 243 g/mol. The van der Waals surface area contributed by atoms with Gasteiger partial charge in [-0.15, -0.1) is 0 Å². The first-order valence-corrected chi connectivity index (χ1v) is 7.29. The van der Waals surface area contributed by atoms with E-state index in [-0.39, 0.29) is 11.3 Å². The van der Waals surface area contributed by atoms with Crippen LogP contribution in [0.1, 0.15) is 31.1 Å². The van der Waals surface area contributed by atoms with Crippen molar-refractivity contribution in [2.24, 2.45) is 0 Å². The fourth-order valence-corrected chi connectivity index (χ4v) is 4.45. The summed E-state index contributed by atoms with van der Waals surface area (Å²) >= 11 is 0. The van der Waals surface area contributed by atoms with E-state index < -0.39 is 9.84 Å². The molecule has 5 heteroatoms. The van der Waals surface area contributed by atoms with Crippen LogP contribution in [0, 0.1) is 0 Å². The summed E-state index contributed by atoms with van der Waals surface area (Å²) in [5.74, 6) is 1.01. The molecular weight excluding hydrogens is 226 g/mol. The molecule has 1 aliphatic rings. The highest BCUT2D eigenvalue weighted by Gasteiger charge is 2.36. The number of rotatable bonds is 3. The Morgan fingerprint density at radius 2 is 2.31 bits per heavy atom. The van der Waals surface area contributed by atoms with Gasteiger partial charge in [-0.25, -0.2) is 8.42 Å². The first-order valence-electron chi connectivity index (χ1n) is 5.57. The molecular formula is C11H17NO3S. The van der Waals surface area contributed by atoms with Crippen molar-refractivity contribution in [3.05, 3.63) is 24.2 Å². The van der Waals surface area contributed by atoms with E-state index >= 15 is 0 Å². The Bertz CT molecular complexity index is 424. The molecule has 0 saturated carbocycles. The van der Waals surface area contributed by atoms with Crippen LogP contribution in [0.15, 0.2) is 22.8 Å². The number of sulfone groups is 1. The predicted molar refractivity (Wildman–Crippen MR) is 61.9 cm³/mol. The molecule has 0 amide bonds. The van der Waals surface area contributed by atoms with Crippen molar-refractivity contribution in [1.82, 2.24) is 5.32 Å². The fourth-order valence-electron chi connectivity index (χ4n) is 2.33. The zero-order chi connectivity index (χ0) is 11.6. The Morgan fingerprint density at radius 3 is 2.88 bits per heavy atom. The molecule has 1 aromatic heterocycles. The van der Waals surface area contributed by atoms with Gasteiger partial charge in [0.1, 0.15) is 5.76 Å². The van der Waals surface area contributed by atoms with E-state index in [1.165, 1.54) is 0 Å². The third kappa shape index (κ3) is 2.15. The van der Waals surface area contributed by atoms with E-state index in [1.54, 1.807) is 19.4 Å². The molecule has 0 spiro atoms. The summed E-state index contributed by atoms with van der Waals surface area (Å²) in [5.41, 5.74) is 0. The third-order valence-corrected chi connectivity index (χ3v) is 5.45. The van der Waals surface area contributed by atoms with Crippen molar-refractivity contribution < 1.29 is 12.8 Å². The number of hydrogen-bond acceptors (Lipinski definition) is 4. The predicted octanol–water partition coefficient (Wildman–Crippen LogP) is 1.51. The Balaban J connectivity index is 2.27. The standard InChI is InChI=1S/C11H17NO3S/c1-12-11(9-5-4-7-15-9)10-6-2-3-8-16(10,13)14/h4-5,7,10-12H,2-3,6,8H2,1H3. The first-order chi connectivity index (χ1) is 7.65. The Hall–Kier alpha value is -0.810. The fraction of sp³-hybridized carbons (Fsp3) is 0.636. The van der Waals surface area contributed by atoms with Gasteiger partial charge in [-0.2, -0.15) is 0 Å². The zero-order valence-corrected chi connectivity index (χ0v) is 10.2. The van der Waals surface area contributed by atoms with Crippen LogP contribution in [0.5, 0.6) is 0 Å². The minimum absolute atomic E-state index is 0.222. The normalized spacial score (nSPS) is 26.4. The molecule has 1 N–H and O–H groups in total. The lowest BCUT2D eigenvalue weighted by Gasteiger charge is -2.28. The summed E-state index contributed by atoms with van der Waals surface area (Å²) in [6.07, 6.45) is 4.06. The molecule has 90 valence electrons. The number of furan rings is 1. The van der Waals surface area contributed by atoms with Crippen LogP contribution < -0.4 is 5.32 Å². The SMILES string of the molecule is CNC(c1ccco1)C1CCCCS1(=O)=O. The zero-order valence-electron chi connectivity index (χ0n) is 9.35. The van der Waals surface area contributed by atoms with Gasteiger partial charge >= 0.3 is 0 Å². The first kappa shape index (κ1) is 11.7. The molecule has 16 heavy (non-hydrogen) atoms. The van der Waals surface area contributed by atoms with Gasteiger partial charge in [-0.1, -0.05) is 6.42 Å². The molecule has 0 bridgehead atoms. The van der Waals surface area contributed by atoms with Crippen LogP contribution in [0.3, 0.4) is 0 Å². The highest BCUT2D eigenvalue weighted by Crippen LogP contribution is 2.30. The summed E-state index contributed by atoms with van der Waals surface area (Å²) in [7, 11) is -1.21. The van der Waals surface area contributed by atoms with E-state index in [1.807, 2.05) is 6.07 Å². The van der Waals surface area contributed by atoms with Gasteiger partial charge in [0.05, 0.1) is 23.3 Å². The van der Waals surface area contributed by atoms with Crippen molar-refractivity contribution in [1.29, 1.82) is 0 Å². The van der Waals surface area contributed by atoms with Gasteiger partial charge in [-0.05, 0) is 32.0 Å². The summed E-state index contributed by atoms with van der Waals surface area (Å²) in [6, 6.07) is 3.39. The van der Waals surface area contributed by atoms with Crippen LogP contribution in [-0.2, 0) is 9.84 Å². The maximum Gasteiger partial charge on any atom is 0.155 e. The molecule has 2 rings (SSSR count). The lowest BCUT2D eigenvalue weighted by Crippen LogP contribution is -2.39. The maximum atomic E-state index is 12.0. The summed E-state index contributed by atoms with van der Waals surface area (Å²) in [4.78, 5) is 0. The van der Waals surface area contributed by atoms with Crippen LogP contribution in [0.25, 0.3) is 0 Å². The van der Waals surface area contributed by atoms with Gasteiger partial charge < -0.3 is 9.73 Å². The number of hydrogen-bond donors (Lipinski definition) is 1. The quantitative estimate of drug-likeness (QED) is 0.874. The monoisotopic (exact) mass is 243 g/mol. The molecule has 0 radical (unpaired) electrons. The van der Waals surface area contributed by atoms with E-state index in [9.17, 15) is 8.42 Å².